The number of hydrogen-bond donors (Lipinski definition) is 0. The highest BCUT2D eigenvalue weighted by Gasteiger charge is 2.44. The maximum Gasteiger partial charge on any atom is 0.149 e. The molecular formula is C14H21BCl2. The average molecular weight is 271 g/mol. The first kappa shape index (κ1) is 12.4. The summed E-state index contributed by atoms with van der Waals surface area (Å²) in [6.07, 6.45) is 12.2. The van der Waals surface area contributed by atoms with Crippen molar-refractivity contribution >= 4 is 29.9 Å². The largest absolute Gasteiger partial charge is 0.149 e. The van der Waals surface area contributed by atoms with E-state index in [0.717, 1.165) is 47.1 Å². The van der Waals surface area contributed by atoms with E-state index in [1.165, 1.54) is 44.9 Å². The predicted molar refractivity (Wildman–Crippen MR) is 77.3 cm³/mol. The standard InChI is InChI=1S/C14H21BCl2/c16-13-8-7-12(9-14(13)17)15-10-3-1-4-11(15)6-2-5-10/h10-12H,1-9H2. The molecule has 2 saturated heterocycles. The Bertz CT molecular complexity index is 304. The topological polar surface area (TPSA) is 0 Å². The zero-order chi connectivity index (χ0) is 11.8. The fourth-order valence-electron chi connectivity index (χ4n) is 4.72. The van der Waals surface area contributed by atoms with Gasteiger partial charge in [0, 0.05) is 10.1 Å². The molecule has 0 amide bonds. The van der Waals surface area contributed by atoms with Crippen molar-refractivity contribution in [2.75, 3.05) is 0 Å². The van der Waals surface area contributed by atoms with E-state index in [-0.39, 0.29) is 0 Å². The van der Waals surface area contributed by atoms with Gasteiger partial charge in [-0.1, -0.05) is 85.6 Å². The molecule has 1 aliphatic carbocycles. The van der Waals surface area contributed by atoms with Gasteiger partial charge < -0.3 is 0 Å². The van der Waals surface area contributed by atoms with Crippen LogP contribution < -0.4 is 0 Å². The third-order valence-electron chi connectivity index (χ3n) is 5.40. The maximum atomic E-state index is 6.29. The van der Waals surface area contributed by atoms with E-state index in [0.29, 0.717) is 0 Å². The minimum Gasteiger partial charge on any atom is -0.0879 e. The molecule has 0 aromatic heterocycles. The van der Waals surface area contributed by atoms with Gasteiger partial charge in [-0.05, 0) is 12.8 Å². The molecule has 0 nitrogen and oxygen atoms in total. The van der Waals surface area contributed by atoms with Crippen molar-refractivity contribution in [3.63, 3.8) is 0 Å². The fraction of sp³-hybridized carbons (Fsp3) is 0.857. The SMILES string of the molecule is ClC1=C(Cl)CC(B2C3CCCC2CCC3)CC1. The Kier molecular flexibility index (Phi) is 3.78. The van der Waals surface area contributed by atoms with Gasteiger partial charge in [0.15, 0.2) is 0 Å². The van der Waals surface area contributed by atoms with E-state index < -0.39 is 0 Å². The van der Waals surface area contributed by atoms with Crippen LogP contribution in [0.15, 0.2) is 10.1 Å². The highest BCUT2D eigenvalue weighted by Crippen LogP contribution is 2.54. The second kappa shape index (κ2) is 5.17. The molecule has 2 aliphatic heterocycles. The summed E-state index contributed by atoms with van der Waals surface area (Å²) >= 11 is 12.4. The van der Waals surface area contributed by atoms with Gasteiger partial charge in [0.1, 0.15) is 6.71 Å². The van der Waals surface area contributed by atoms with Crippen LogP contribution in [-0.2, 0) is 0 Å². The first-order valence-electron chi connectivity index (χ1n) is 7.28. The summed E-state index contributed by atoms with van der Waals surface area (Å²) in [6, 6.07) is 0. The van der Waals surface area contributed by atoms with E-state index >= 15 is 0 Å². The zero-order valence-corrected chi connectivity index (χ0v) is 11.9. The first-order valence-corrected chi connectivity index (χ1v) is 8.04. The van der Waals surface area contributed by atoms with Crippen LogP contribution in [0.4, 0.5) is 0 Å². The Morgan fingerprint density at radius 3 is 1.88 bits per heavy atom. The molecule has 3 heteroatoms. The van der Waals surface area contributed by atoms with E-state index in [2.05, 4.69) is 0 Å². The lowest BCUT2D eigenvalue weighted by Gasteiger charge is -2.45. The van der Waals surface area contributed by atoms with Crippen molar-refractivity contribution in [2.24, 2.45) is 0 Å². The van der Waals surface area contributed by atoms with Crippen LogP contribution in [0, 0.1) is 0 Å². The van der Waals surface area contributed by atoms with Crippen molar-refractivity contribution in [2.45, 2.75) is 75.2 Å². The molecule has 17 heavy (non-hydrogen) atoms. The monoisotopic (exact) mass is 270 g/mol. The van der Waals surface area contributed by atoms with E-state index in [4.69, 9.17) is 23.2 Å². The van der Waals surface area contributed by atoms with E-state index in [9.17, 15) is 0 Å². The number of rotatable bonds is 1. The van der Waals surface area contributed by atoms with Crippen LogP contribution in [-0.4, -0.2) is 6.71 Å². The lowest BCUT2D eigenvalue weighted by atomic mass is 9.21. The Balaban J connectivity index is 1.75. The quantitative estimate of drug-likeness (QED) is 0.526. The second-order valence-electron chi connectivity index (χ2n) is 6.27. The minimum absolute atomic E-state index is 0.834. The molecule has 1 atom stereocenters. The molecule has 0 aromatic carbocycles. The molecule has 2 bridgehead atoms. The molecule has 0 N–H and O–H groups in total. The van der Waals surface area contributed by atoms with Gasteiger partial charge in [0.25, 0.3) is 0 Å². The molecule has 94 valence electrons. The van der Waals surface area contributed by atoms with Crippen LogP contribution in [0.5, 0.6) is 0 Å². The maximum absolute atomic E-state index is 6.29. The molecule has 2 fully saturated rings. The molecule has 3 aliphatic rings. The Morgan fingerprint density at radius 2 is 1.35 bits per heavy atom. The lowest BCUT2D eigenvalue weighted by Crippen LogP contribution is -2.39. The van der Waals surface area contributed by atoms with Crippen LogP contribution in [0.1, 0.15) is 57.8 Å². The van der Waals surface area contributed by atoms with Gasteiger partial charge in [-0.25, -0.2) is 0 Å². The molecule has 0 spiro atoms. The van der Waals surface area contributed by atoms with Crippen LogP contribution in [0.2, 0.25) is 17.5 Å². The summed E-state index contributed by atoms with van der Waals surface area (Å²) in [5.41, 5.74) is 0. The second-order valence-corrected chi connectivity index (χ2v) is 7.18. The van der Waals surface area contributed by atoms with Gasteiger partial charge in [-0.3, -0.25) is 0 Å². The third kappa shape index (κ3) is 2.43. The number of halogens is 2. The molecule has 1 unspecified atom stereocenters. The van der Waals surface area contributed by atoms with Crippen molar-refractivity contribution in [1.82, 2.24) is 0 Å². The number of fused-ring (bicyclic) bond motifs is 2. The summed E-state index contributed by atoms with van der Waals surface area (Å²) in [6.45, 7) is 0.969. The Hall–Kier alpha value is 0.385. The molecule has 0 radical (unpaired) electrons. The summed E-state index contributed by atoms with van der Waals surface area (Å²) < 4.78 is 0. The van der Waals surface area contributed by atoms with Crippen LogP contribution >= 0.6 is 23.2 Å². The van der Waals surface area contributed by atoms with Crippen molar-refractivity contribution in [1.29, 1.82) is 0 Å². The van der Waals surface area contributed by atoms with Crippen LogP contribution in [0.3, 0.4) is 0 Å². The smallest absolute Gasteiger partial charge is 0.0879 e. The van der Waals surface area contributed by atoms with Gasteiger partial charge in [0.05, 0.1) is 0 Å². The van der Waals surface area contributed by atoms with Crippen molar-refractivity contribution < 1.29 is 0 Å². The van der Waals surface area contributed by atoms with Gasteiger partial charge in [-0.2, -0.15) is 0 Å². The van der Waals surface area contributed by atoms with Crippen molar-refractivity contribution in [3.8, 4) is 0 Å². The predicted octanol–water partition coefficient (Wildman–Crippen LogP) is 5.83. The normalized spacial score (nSPS) is 38.5. The van der Waals surface area contributed by atoms with Crippen LogP contribution in [0.25, 0.3) is 0 Å². The van der Waals surface area contributed by atoms with E-state index in [1.807, 2.05) is 0 Å². The van der Waals surface area contributed by atoms with Gasteiger partial charge >= 0.3 is 0 Å². The Labute approximate surface area is 115 Å². The molecule has 0 saturated carbocycles. The van der Waals surface area contributed by atoms with Gasteiger partial charge in [-0.15, -0.1) is 0 Å². The van der Waals surface area contributed by atoms with E-state index in [1.54, 1.807) is 0 Å². The third-order valence-corrected chi connectivity index (χ3v) is 6.30. The molecular weight excluding hydrogens is 250 g/mol. The summed E-state index contributed by atoms with van der Waals surface area (Å²) in [4.78, 5) is 0. The van der Waals surface area contributed by atoms with Gasteiger partial charge in [0.2, 0.25) is 0 Å². The molecule has 0 aromatic rings. The summed E-state index contributed by atoms with van der Waals surface area (Å²) in [5.74, 6) is 2.85. The Morgan fingerprint density at radius 1 is 0.765 bits per heavy atom. The molecule has 3 rings (SSSR count). The number of allylic oxidation sites excluding steroid dienone is 2. The first-order chi connectivity index (χ1) is 8.25. The van der Waals surface area contributed by atoms with Crippen molar-refractivity contribution in [3.05, 3.63) is 10.1 Å². The highest BCUT2D eigenvalue weighted by molar-refractivity contribution is 6.64. The zero-order valence-electron chi connectivity index (χ0n) is 10.4. The number of hydrogen-bond acceptors (Lipinski definition) is 0. The molecule has 2 heterocycles. The highest BCUT2D eigenvalue weighted by atomic mass is 35.5. The summed E-state index contributed by atoms with van der Waals surface area (Å²) in [5, 5.41) is 1.90. The lowest BCUT2D eigenvalue weighted by molar-refractivity contribution is 0.429. The minimum atomic E-state index is 0.834. The summed E-state index contributed by atoms with van der Waals surface area (Å²) in [7, 11) is 0. The average Bonchev–Trinajstić information content (AvgIpc) is 2.32. The fourth-order valence-corrected chi connectivity index (χ4v) is 5.20.